The molecule has 3 aromatic carbocycles. The number of allylic oxidation sites excluding steroid dienone is 5. The summed E-state index contributed by atoms with van der Waals surface area (Å²) in [6, 6.07) is 26.7. The van der Waals surface area contributed by atoms with Crippen LogP contribution < -0.4 is 4.90 Å². The number of β-amino-alcohol motifs (C(OH)–C–C–N with tert-alkyl or cyclic N) is 1. The standard InChI is InChI=1S/C35H34N2O3/c1-34(2)26-14-8-10-16-28(26)36(18-19-38)30(34)20-24-32(39)25(33(24)40)21-31-35(3,4)27-15-9-11-17-29(27)37(31)22-23-12-6-5-7-13-23/h5-17,20-21,38H,18-19,22H2,1-4H3/p+1. The van der Waals surface area contributed by atoms with Gasteiger partial charge >= 0.3 is 0 Å². The topological polar surface area (TPSA) is 63.8 Å². The Hall–Kier alpha value is -4.22. The summed E-state index contributed by atoms with van der Waals surface area (Å²) in [5, 5.41) is 21.1. The van der Waals surface area contributed by atoms with E-state index in [0.717, 1.165) is 28.3 Å². The fraction of sp³-hybridized carbons (Fsp3) is 0.257. The second-order valence-corrected chi connectivity index (χ2v) is 11.8. The van der Waals surface area contributed by atoms with Gasteiger partial charge in [-0.1, -0.05) is 80.6 Å². The molecule has 0 saturated heterocycles. The van der Waals surface area contributed by atoms with Gasteiger partial charge in [0.05, 0.1) is 23.2 Å². The number of aliphatic hydroxyl groups excluding tert-OH is 2. The first-order valence-electron chi connectivity index (χ1n) is 13.8. The number of rotatable bonds is 6. The van der Waals surface area contributed by atoms with Crippen molar-refractivity contribution in [2.45, 2.75) is 45.1 Å². The molecular weight excluding hydrogens is 496 g/mol. The highest BCUT2D eigenvalue weighted by Gasteiger charge is 2.47. The average molecular weight is 532 g/mol. The van der Waals surface area contributed by atoms with Crippen LogP contribution >= 0.6 is 0 Å². The number of para-hydroxylation sites is 2. The van der Waals surface area contributed by atoms with Gasteiger partial charge in [0.2, 0.25) is 11.5 Å². The fourth-order valence-corrected chi connectivity index (χ4v) is 6.46. The molecule has 0 bridgehead atoms. The molecule has 3 aromatic rings. The molecule has 2 N–H and O–H groups in total. The molecule has 6 rings (SSSR count). The van der Waals surface area contributed by atoms with Gasteiger partial charge in [-0.25, -0.2) is 0 Å². The molecule has 5 nitrogen and oxygen atoms in total. The van der Waals surface area contributed by atoms with E-state index in [1.165, 1.54) is 11.1 Å². The molecular formula is C35H35N2O3+. The number of benzene rings is 3. The summed E-state index contributed by atoms with van der Waals surface area (Å²) in [5.41, 5.74) is 7.43. The lowest BCUT2D eigenvalue weighted by Crippen LogP contribution is -2.32. The Labute approximate surface area is 235 Å². The Balaban J connectivity index is 1.44. The van der Waals surface area contributed by atoms with Crippen molar-refractivity contribution < 1.29 is 19.6 Å². The third-order valence-corrected chi connectivity index (χ3v) is 8.67. The third kappa shape index (κ3) is 3.88. The molecule has 0 aromatic heterocycles. The van der Waals surface area contributed by atoms with Crippen molar-refractivity contribution in [3.05, 3.63) is 130 Å². The predicted molar refractivity (Wildman–Crippen MR) is 159 cm³/mol. The largest absolute Gasteiger partial charge is 0.506 e. The first-order chi connectivity index (χ1) is 19.2. The van der Waals surface area contributed by atoms with Crippen LogP contribution in [0.4, 0.5) is 11.4 Å². The third-order valence-electron chi connectivity index (χ3n) is 8.67. The van der Waals surface area contributed by atoms with Gasteiger partial charge in [-0.05, 0) is 31.6 Å². The maximum atomic E-state index is 13.6. The molecule has 3 aliphatic rings. The Bertz CT molecular complexity index is 1650. The summed E-state index contributed by atoms with van der Waals surface area (Å²) in [6.07, 6.45) is 3.69. The van der Waals surface area contributed by atoms with Crippen molar-refractivity contribution in [3.8, 4) is 0 Å². The lowest BCUT2D eigenvalue weighted by atomic mass is 9.77. The maximum Gasteiger partial charge on any atom is 0.210 e. The fourth-order valence-electron chi connectivity index (χ4n) is 6.46. The lowest BCUT2D eigenvalue weighted by Gasteiger charge is -2.29. The molecule has 1 aliphatic carbocycles. The second kappa shape index (κ2) is 9.46. The first kappa shape index (κ1) is 26.0. The second-order valence-electron chi connectivity index (χ2n) is 11.8. The van der Waals surface area contributed by atoms with Crippen LogP contribution in [0, 0.1) is 0 Å². The smallest absolute Gasteiger partial charge is 0.210 e. The van der Waals surface area contributed by atoms with Crippen LogP contribution in [-0.2, 0) is 22.2 Å². The van der Waals surface area contributed by atoms with Crippen LogP contribution in [0.3, 0.4) is 0 Å². The molecule has 0 saturated carbocycles. The molecule has 0 amide bonds. The van der Waals surface area contributed by atoms with E-state index < -0.39 is 0 Å². The molecule has 40 heavy (non-hydrogen) atoms. The van der Waals surface area contributed by atoms with Gasteiger partial charge in [0.25, 0.3) is 0 Å². The number of carbonyl (C=O) groups excluding carboxylic acids is 1. The molecule has 0 spiro atoms. The minimum absolute atomic E-state index is 0.0168. The average Bonchev–Trinajstić information content (AvgIpc) is 3.30. The summed E-state index contributed by atoms with van der Waals surface area (Å²) in [4.78, 5) is 15.7. The number of ketones is 1. The van der Waals surface area contributed by atoms with E-state index >= 15 is 0 Å². The Morgan fingerprint density at radius 1 is 0.825 bits per heavy atom. The highest BCUT2D eigenvalue weighted by Crippen LogP contribution is 2.49. The van der Waals surface area contributed by atoms with Crippen LogP contribution in [-0.4, -0.2) is 39.4 Å². The van der Waals surface area contributed by atoms with Gasteiger partial charge in [-0.3, -0.25) is 4.79 Å². The normalized spacial score (nSPS) is 20.8. The van der Waals surface area contributed by atoms with E-state index in [0.29, 0.717) is 24.2 Å². The molecule has 0 unspecified atom stereocenters. The van der Waals surface area contributed by atoms with Crippen molar-refractivity contribution in [1.29, 1.82) is 0 Å². The number of carbonyl (C=O) groups is 1. The van der Waals surface area contributed by atoms with Gasteiger partial charge in [-0.15, -0.1) is 0 Å². The van der Waals surface area contributed by atoms with E-state index in [-0.39, 0.29) is 29.0 Å². The Morgan fingerprint density at radius 2 is 1.48 bits per heavy atom. The van der Waals surface area contributed by atoms with Crippen molar-refractivity contribution in [2.24, 2.45) is 0 Å². The van der Waals surface area contributed by atoms with Gasteiger partial charge in [0, 0.05) is 46.6 Å². The number of nitrogens with zero attached hydrogens (tertiary/aromatic N) is 2. The van der Waals surface area contributed by atoms with Crippen molar-refractivity contribution in [1.82, 2.24) is 0 Å². The van der Waals surface area contributed by atoms with E-state index in [1.54, 1.807) is 0 Å². The van der Waals surface area contributed by atoms with Crippen molar-refractivity contribution in [2.75, 3.05) is 18.1 Å². The monoisotopic (exact) mass is 531 g/mol. The van der Waals surface area contributed by atoms with E-state index in [4.69, 9.17) is 0 Å². The predicted octanol–water partition coefficient (Wildman–Crippen LogP) is 6.26. The van der Waals surface area contributed by atoms with Crippen LogP contribution in [0.1, 0.15) is 44.4 Å². The molecule has 2 heterocycles. The van der Waals surface area contributed by atoms with Gasteiger partial charge < -0.3 is 15.1 Å². The number of aliphatic hydroxyl groups is 2. The summed E-state index contributed by atoms with van der Waals surface area (Å²) in [7, 11) is 0. The summed E-state index contributed by atoms with van der Waals surface area (Å²) in [6.45, 7) is 9.62. The minimum atomic E-state index is -0.380. The Kier molecular flexibility index (Phi) is 6.15. The van der Waals surface area contributed by atoms with Crippen LogP contribution in [0.2, 0.25) is 0 Å². The summed E-state index contributed by atoms with van der Waals surface area (Å²) < 4.78 is 2.26. The molecule has 202 valence electrons. The SMILES string of the molecule is CC1(C)C(/C=C2/C(=O)C(/C=C3\N(CCO)c4ccccc4C3(C)C)=C2O)=[N+](Cc2ccccc2)c2ccccc21. The molecule has 0 fully saturated rings. The Morgan fingerprint density at radius 3 is 2.17 bits per heavy atom. The zero-order valence-corrected chi connectivity index (χ0v) is 23.5. The number of anilines is 1. The first-order valence-corrected chi connectivity index (χ1v) is 13.8. The van der Waals surface area contributed by atoms with Crippen molar-refractivity contribution in [3.63, 3.8) is 0 Å². The van der Waals surface area contributed by atoms with E-state index in [9.17, 15) is 15.0 Å². The molecule has 2 aliphatic heterocycles. The van der Waals surface area contributed by atoms with E-state index in [1.807, 2.05) is 60.7 Å². The lowest BCUT2D eigenvalue weighted by molar-refractivity contribution is -0.455. The zero-order valence-electron chi connectivity index (χ0n) is 23.5. The highest BCUT2D eigenvalue weighted by atomic mass is 16.3. The van der Waals surface area contributed by atoms with Crippen LogP contribution in [0.25, 0.3) is 0 Å². The van der Waals surface area contributed by atoms with Gasteiger partial charge in [-0.2, -0.15) is 4.58 Å². The summed E-state index contributed by atoms with van der Waals surface area (Å²) >= 11 is 0. The van der Waals surface area contributed by atoms with Crippen molar-refractivity contribution >= 4 is 22.9 Å². The van der Waals surface area contributed by atoms with Gasteiger partial charge in [0.15, 0.2) is 12.3 Å². The highest BCUT2D eigenvalue weighted by molar-refractivity contribution is 6.24. The number of fused-ring (bicyclic) bond motifs is 2. The summed E-state index contributed by atoms with van der Waals surface area (Å²) in [5.74, 6) is -0.147. The van der Waals surface area contributed by atoms with Crippen LogP contribution in [0.15, 0.2) is 114 Å². The molecule has 5 heteroatoms. The number of hydrogen-bond acceptors (Lipinski definition) is 4. The molecule has 0 atom stereocenters. The molecule has 0 radical (unpaired) electrons. The quantitative estimate of drug-likeness (QED) is 0.291. The maximum absolute atomic E-state index is 13.6. The van der Waals surface area contributed by atoms with Gasteiger partial charge in [0.1, 0.15) is 5.76 Å². The van der Waals surface area contributed by atoms with E-state index in [2.05, 4.69) is 67.5 Å². The van der Waals surface area contributed by atoms with Crippen LogP contribution in [0.5, 0.6) is 0 Å². The minimum Gasteiger partial charge on any atom is -0.506 e. The number of Topliss-reactive ketones (excluding diaryl/α,β-unsaturated/α-hetero) is 1. The zero-order chi connectivity index (χ0) is 28.2. The number of hydrogen-bond donors (Lipinski definition) is 2.